The average Bonchev–Trinajstić information content (AvgIpc) is 2.79. The van der Waals surface area contributed by atoms with E-state index in [0.717, 1.165) is 19.3 Å². The third-order valence-electron chi connectivity index (χ3n) is 5.85. The first-order chi connectivity index (χ1) is 15.1. The topological polar surface area (TPSA) is 73.2 Å². The molecule has 0 bridgehead atoms. The van der Waals surface area contributed by atoms with E-state index in [1.807, 2.05) is 36.4 Å². The smallest absolute Gasteiger partial charge is 0.266 e. The zero-order valence-electron chi connectivity index (χ0n) is 17.8. The number of ether oxygens (including phenoxy) is 1. The number of thioether (sulfide) groups is 1. The Morgan fingerprint density at radius 2 is 2.00 bits per heavy atom. The third kappa shape index (κ3) is 4.77. The van der Waals surface area contributed by atoms with Gasteiger partial charge in [-0.15, -0.1) is 0 Å². The van der Waals surface area contributed by atoms with Crippen molar-refractivity contribution in [1.29, 1.82) is 0 Å². The Labute approximate surface area is 186 Å². The van der Waals surface area contributed by atoms with E-state index in [1.165, 1.54) is 18.2 Å². The lowest BCUT2D eigenvalue weighted by molar-refractivity contribution is -0.119. The van der Waals surface area contributed by atoms with Crippen molar-refractivity contribution in [2.24, 2.45) is 5.92 Å². The van der Waals surface area contributed by atoms with Gasteiger partial charge in [-0.3, -0.25) is 14.2 Å². The van der Waals surface area contributed by atoms with E-state index in [2.05, 4.69) is 12.2 Å². The largest absolute Gasteiger partial charge is 0.497 e. The maximum absolute atomic E-state index is 13.3. The summed E-state index contributed by atoms with van der Waals surface area (Å²) in [5.74, 6) is 1.33. The summed E-state index contributed by atoms with van der Waals surface area (Å²) < 4.78 is 6.89. The van der Waals surface area contributed by atoms with Crippen LogP contribution in [0.1, 0.15) is 32.6 Å². The number of carbonyl (C=O) groups is 1. The van der Waals surface area contributed by atoms with Gasteiger partial charge in [0, 0.05) is 12.1 Å². The molecule has 7 heteroatoms. The van der Waals surface area contributed by atoms with E-state index >= 15 is 0 Å². The fraction of sp³-hybridized carbons (Fsp3) is 0.375. The molecule has 4 rings (SSSR count). The van der Waals surface area contributed by atoms with Crippen molar-refractivity contribution in [1.82, 2.24) is 14.9 Å². The number of fused-ring (bicyclic) bond motifs is 1. The summed E-state index contributed by atoms with van der Waals surface area (Å²) >= 11 is 1.28. The van der Waals surface area contributed by atoms with Gasteiger partial charge < -0.3 is 10.1 Å². The number of amides is 1. The molecule has 6 nitrogen and oxygen atoms in total. The number of hydrogen-bond donors (Lipinski definition) is 1. The second-order valence-electron chi connectivity index (χ2n) is 7.98. The molecule has 0 radical (unpaired) electrons. The molecule has 1 amide bonds. The van der Waals surface area contributed by atoms with E-state index < -0.39 is 0 Å². The Bertz CT molecular complexity index is 1140. The molecule has 0 unspecified atom stereocenters. The van der Waals surface area contributed by atoms with Crippen LogP contribution in [0.5, 0.6) is 5.75 Å². The number of rotatable bonds is 6. The van der Waals surface area contributed by atoms with Crippen LogP contribution in [0.4, 0.5) is 0 Å². The van der Waals surface area contributed by atoms with Crippen LogP contribution in [0, 0.1) is 5.92 Å². The van der Waals surface area contributed by atoms with Gasteiger partial charge in [0.25, 0.3) is 5.56 Å². The van der Waals surface area contributed by atoms with Crippen LogP contribution in [0.3, 0.4) is 0 Å². The summed E-state index contributed by atoms with van der Waals surface area (Å²) in [6.45, 7) is 2.20. The summed E-state index contributed by atoms with van der Waals surface area (Å²) in [5.41, 5.74) is 1.12. The summed E-state index contributed by atoms with van der Waals surface area (Å²) in [7, 11) is 1.59. The number of carbonyl (C=O) groups excluding carboxylic acids is 1. The minimum atomic E-state index is -0.164. The second kappa shape index (κ2) is 9.56. The van der Waals surface area contributed by atoms with Gasteiger partial charge in [-0.1, -0.05) is 49.7 Å². The Kier molecular flexibility index (Phi) is 6.61. The molecule has 3 aromatic rings. The van der Waals surface area contributed by atoms with Crippen molar-refractivity contribution in [3.05, 3.63) is 58.9 Å². The van der Waals surface area contributed by atoms with Crippen molar-refractivity contribution >= 4 is 28.6 Å². The third-order valence-corrected chi connectivity index (χ3v) is 6.79. The van der Waals surface area contributed by atoms with Crippen molar-refractivity contribution in [2.75, 3.05) is 12.9 Å². The monoisotopic (exact) mass is 437 g/mol. The Morgan fingerprint density at radius 3 is 2.81 bits per heavy atom. The maximum atomic E-state index is 13.3. The van der Waals surface area contributed by atoms with Gasteiger partial charge in [-0.05, 0) is 43.0 Å². The predicted molar refractivity (Wildman–Crippen MR) is 124 cm³/mol. The summed E-state index contributed by atoms with van der Waals surface area (Å²) in [4.78, 5) is 30.7. The van der Waals surface area contributed by atoms with Gasteiger partial charge >= 0.3 is 0 Å². The Balaban J connectivity index is 1.64. The van der Waals surface area contributed by atoms with Gasteiger partial charge in [-0.25, -0.2) is 4.98 Å². The molecule has 2 aromatic carbocycles. The summed E-state index contributed by atoms with van der Waals surface area (Å²) in [6, 6.07) is 14.8. The minimum absolute atomic E-state index is 0.0247. The first kappa shape index (κ1) is 21.4. The summed E-state index contributed by atoms with van der Waals surface area (Å²) in [5, 5.41) is 4.20. The highest BCUT2D eigenvalue weighted by molar-refractivity contribution is 7.99. The molecule has 1 N–H and O–H groups in total. The highest BCUT2D eigenvalue weighted by atomic mass is 32.2. The number of methoxy groups -OCH3 is 1. The van der Waals surface area contributed by atoms with Crippen LogP contribution < -0.4 is 15.6 Å². The lowest BCUT2D eigenvalue weighted by Gasteiger charge is -2.29. The molecule has 31 heavy (non-hydrogen) atoms. The molecule has 1 saturated carbocycles. The van der Waals surface area contributed by atoms with Crippen LogP contribution >= 0.6 is 11.8 Å². The van der Waals surface area contributed by atoms with Gasteiger partial charge in [-0.2, -0.15) is 0 Å². The van der Waals surface area contributed by atoms with Crippen LogP contribution in [0.15, 0.2) is 58.5 Å². The molecule has 1 fully saturated rings. The predicted octanol–water partition coefficient (Wildman–Crippen LogP) is 4.18. The Morgan fingerprint density at radius 1 is 1.19 bits per heavy atom. The number of nitrogens with zero attached hydrogens (tertiary/aromatic N) is 2. The van der Waals surface area contributed by atoms with Gasteiger partial charge in [0.15, 0.2) is 5.16 Å². The molecule has 0 spiro atoms. The SMILES string of the molecule is COc1cccc(-n2c(SCC(=O)N[C@@H]3CCCC[C@H]3C)nc3ccccc3c2=O)c1. The lowest BCUT2D eigenvalue weighted by atomic mass is 9.86. The molecule has 0 aliphatic heterocycles. The van der Waals surface area contributed by atoms with Crippen molar-refractivity contribution in [3.8, 4) is 11.4 Å². The lowest BCUT2D eigenvalue weighted by Crippen LogP contribution is -2.41. The van der Waals surface area contributed by atoms with E-state index in [-0.39, 0.29) is 23.3 Å². The van der Waals surface area contributed by atoms with Crippen LogP contribution in [0.2, 0.25) is 0 Å². The second-order valence-corrected chi connectivity index (χ2v) is 8.92. The quantitative estimate of drug-likeness (QED) is 0.463. The molecule has 1 aromatic heterocycles. The molecule has 1 aliphatic carbocycles. The van der Waals surface area contributed by atoms with E-state index in [0.29, 0.717) is 33.4 Å². The number of para-hydroxylation sites is 1. The Hall–Kier alpha value is -2.80. The molecule has 162 valence electrons. The van der Waals surface area contributed by atoms with Gasteiger partial charge in [0.05, 0.1) is 29.5 Å². The zero-order valence-corrected chi connectivity index (χ0v) is 18.7. The van der Waals surface area contributed by atoms with Crippen molar-refractivity contribution in [3.63, 3.8) is 0 Å². The molecule has 1 aliphatic rings. The number of aromatic nitrogens is 2. The normalized spacial score (nSPS) is 18.6. The van der Waals surface area contributed by atoms with Gasteiger partial charge in [0.2, 0.25) is 5.91 Å². The fourth-order valence-corrected chi connectivity index (χ4v) is 4.92. The van der Waals surface area contributed by atoms with Crippen molar-refractivity contribution < 1.29 is 9.53 Å². The standard InChI is InChI=1S/C24H27N3O3S/c1-16-8-3-5-12-20(16)25-22(28)15-31-24-26-21-13-6-4-11-19(21)23(29)27(24)17-9-7-10-18(14-17)30-2/h4,6-7,9-11,13-14,16,20H,3,5,8,12,15H2,1-2H3,(H,25,28)/t16-,20-/m1/s1. The molecule has 1 heterocycles. The number of hydrogen-bond acceptors (Lipinski definition) is 5. The highest BCUT2D eigenvalue weighted by Gasteiger charge is 2.23. The van der Waals surface area contributed by atoms with E-state index in [4.69, 9.17) is 9.72 Å². The zero-order chi connectivity index (χ0) is 21.8. The van der Waals surface area contributed by atoms with Crippen LogP contribution in [-0.4, -0.2) is 34.4 Å². The number of benzene rings is 2. The first-order valence-electron chi connectivity index (χ1n) is 10.6. The fourth-order valence-electron chi connectivity index (χ4n) is 4.10. The molecular formula is C24H27N3O3S. The highest BCUT2D eigenvalue weighted by Crippen LogP contribution is 2.25. The van der Waals surface area contributed by atoms with Gasteiger partial charge in [0.1, 0.15) is 5.75 Å². The molecular weight excluding hydrogens is 410 g/mol. The molecule has 0 saturated heterocycles. The minimum Gasteiger partial charge on any atom is -0.497 e. The van der Waals surface area contributed by atoms with Crippen LogP contribution in [-0.2, 0) is 4.79 Å². The van der Waals surface area contributed by atoms with Crippen molar-refractivity contribution in [2.45, 2.75) is 43.8 Å². The maximum Gasteiger partial charge on any atom is 0.266 e. The molecule has 2 atom stereocenters. The van der Waals surface area contributed by atoms with E-state index in [1.54, 1.807) is 23.8 Å². The number of nitrogens with one attached hydrogen (secondary N) is 1. The summed E-state index contributed by atoms with van der Waals surface area (Å²) in [6.07, 6.45) is 4.57. The average molecular weight is 438 g/mol. The first-order valence-corrected chi connectivity index (χ1v) is 11.6. The van der Waals surface area contributed by atoms with Crippen LogP contribution in [0.25, 0.3) is 16.6 Å². The van der Waals surface area contributed by atoms with E-state index in [9.17, 15) is 9.59 Å².